The molecule has 0 fully saturated rings. The number of ether oxygens (including phenoxy) is 2. The Balaban J connectivity index is 1.93. The van der Waals surface area contributed by atoms with E-state index in [1.54, 1.807) is 36.5 Å². The minimum atomic E-state index is -0.583. The summed E-state index contributed by atoms with van der Waals surface area (Å²) in [5.41, 5.74) is 0.775. The summed E-state index contributed by atoms with van der Waals surface area (Å²) in [7, 11) is 0. The molecule has 3 aromatic rings. The molecule has 3 rings (SSSR count). The van der Waals surface area contributed by atoms with Crippen LogP contribution in [0.4, 0.5) is 0 Å². The number of benzene rings is 1. The SMILES string of the molecule is Cc1ccc(Oc2nc3ccccn3c(=O)c2/C=C(\C#N)C(=O)NCCCOC(C)C)cc1. The second-order valence-electron chi connectivity index (χ2n) is 7.68. The predicted molar refractivity (Wildman–Crippen MR) is 125 cm³/mol. The molecule has 1 aromatic carbocycles. The van der Waals surface area contributed by atoms with Gasteiger partial charge in [0, 0.05) is 19.3 Å². The van der Waals surface area contributed by atoms with Crippen molar-refractivity contribution in [3.63, 3.8) is 0 Å². The summed E-state index contributed by atoms with van der Waals surface area (Å²) in [6.07, 6.45) is 3.50. The number of pyridine rings is 1. The van der Waals surface area contributed by atoms with Gasteiger partial charge in [0.05, 0.1) is 6.10 Å². The summed E-state index contributed by atoms with van der Waals surface area (Å²) in [4.78, 5) is 30.2. The Labute approximate surface area is 192 Å². The predicted octanol–water partition coefficient (Wildman–Crippen LogP) is 3.63. The van der Waals surface area contributed by atoms with Crippen molar-refractivity contribution in [3.8, 4) is 17.7 Å². The average molecular weight is 447 g/mol. The molecule has 33 heavy (non-hydrogen) atoms. The maximum absolute atomic E-state index is 13.2. The third-order valence-corrected chi connectivity index (χ3v) is 4.68. The average Bonchev–Trinajstić information content (AvgIpc) is 2.80. The molecule has 0 saturated carbocycles. The van der Waals surface area contributed by atoms with Gasteiger partial charge >= 0.3 is 0 Å². The summed E-state index contributed by atoms with van der Waals surface area (Å²) in [5, 5.41) is 12.3. The molecule has 0 aliphatic rings. The van der Waals surface area contributed by atoms with Crippen LogP contribution in [-0.4, -0.2) is 34.5 Å². The third-order valence-electron chi connectivity index (χ3n) is 4.68. The summed E-state index contributed by atoms with van der Waals surface area (Å²) in [6, 6.07) is 14.3. The van der Waals surface area contributed by atoms with E-state index in [2.05, 4.69) is 10.3 Å². The number of aromatic nitrogens is 2. The first-order chi connectivity index (χ1) is 15.9. The highest BCUT2D eigenvalue weighted by Gasteiger charge is 2.17. The molecule has 1 N–H and O–H groups in total. The lowest BCUT2D eigenvalue weighted by Crippen LogP contribution is -2.27. The first kappa shape index (κ1) is 23.7. The van der Waals surface area contributed by atoms with Gasteiger partial charge in [0.15, 0.2) is 0 Å². The summed E-state index contributed by atoms with van der Waals surface area (Å²) < 4.78 is 12.7. The lowest BCUT2D eigenvalue weighted by Gasteiger charge is -2.11. The van der Waals surface area contributed by atoms with Crippen molar-refractivity contribution in [2.45, 2.75) is 33.3 Å². The van der Waals surface area contributed by atoms with Crippen LogP contribution in [0.15, 0.2) is 59.0 Å². The number of fused-ring (bicyclic) bond motifs is 1. The van der Waals surface area contributed by atoms with Crippen molar-refractivity contribution in [1.29, 1.82) is 5.26 Å². The topological polar surface area (TPSA) is 106 Å². The van der Waals surface area contributed by atoms with E-state index in [-0.39, 0.29) is 23.1 Å². The van der Waals surface area contributed by atoms with Crippen LogP contribution in [0.2, 0.25) is 0 Å². The zero-order valence-corrected chi connectivity index (χ0v) is 18.9. The molecule has 0 radical (unpaired) electrons. The van der Waals surface area contributed by atoms with E-state index >= 15 is 0 Å². The van der Waals surface area contributed by atoms with Gasteiger partial charge in [0.2, 0.25) is 5.88 Å². The standard InChI is InChI=1S/C25H26N4O4/c1-17(2)32-14-6-12-27-23(30)19(16-26)15-21-24(33-20-10-8-18(3)9-11-20)28-22-7-4-5-13-29(22)25(21)31/h4-5,7-11,13,15,17H,6,12,14H2,1-3H3,(H,27,30)/b19-15+. The van der Waals surface area contributed by atoms with Crippen molar-refractivity contribution < 1.29 is 14.3 Å². The zero-order chi connectivity index (χ0) is 23.8. The Morgan fingerprint density at radius 3 is 2.70 bits per heavy atom. The highest BCUT2D eigenvalue weighted by Crippen LogP contribution is 2.24. The van der Waals surface area contributed by atoms with E-state index in [0.717, 1.165) is 5.56 Å². The molecule has 2 heterocycles. The molecule has 2 aromatic heterocycles. The monoisotopic (exact) mass is 446 g/mol. The summed E-state index contributed by atoms with van der Waals surface area (Å²) in [5.74, 6) is -0.0858. The highest BCUT2D eigenvalue weighted by molar-refractivity contribution is 6.01. The first-order valence-electron chi connectivity index (χ1n) is 10.7. The second-order valence-corrected chi connectivity index (χ2v) is 7.68. The molecule has 0 bridgehead atoms. The van der Waals surface area contributed by atoms with E-state index in [1.165, 1.54) is 10.5 Å². The summed E-state index contributed by atoms with van der Waals surface area (Å²) >= 11 is 0. The largest absolute Gasteiger partial charge is 0.438 e. The van der Waals surface area contributed by atoms with Crippen LogP contribution in [0.5, 0.6) is 11.6 Å². The molecule has 0 aliphatic heterocycles. The van der Waals surface area contributed by atoms with Gasteiger partial charge in [-0.2, -0.15) is 10.2 Å². The minimum absolute atomic E-state index is 0.00844. The van der Waals surface area contributed by atoms with Gasteiger partial charge in [-0.15, -0.1) is 0 Å². The van der Waals surface area contributed by atoms with Crippen LogP contribution in [0, 0.1) is 18.3 Å². The summed E-state index contributed by atoms with van der Waals surface area (Å²) in [6.45, 7) is 6.65. The fourth-order valence-electron chi connectivity index (χ4n) is 2.98. The van der Waals surface area contributed by atoms with Crippen LogP contribution in [0.3, 0.4) is 0 Å². The van der Waals surface area contributed by atoms with Crippen LogP contribution in [0.1, 0.15) is 31.4 Å². The normalized spacial score (nSPS) is 11.4. The maximum atomic E-state index is 13.2. The van der Waals surface area contributed by atoms with Crippen LogP contribution in [0.25, 0.3) is 11.7 Å². The van der Waals surface area contributed by atoms with E-state index in [4.69, 9.17) is 9.47 Å². The van der Waals surface area contributed by atoms with E-state index in [0.29, 0.717) is 31.0 Å². The molecular formula is C25H26N4O4. The van der Waals surface area contributed by atoms with Crippen molar-refractivity contribution in [2.75, 3.05) is 13.2 Å². The first-order valence-corrected chi connectivity index (χ1v) is 10.7. The van der Waals surface area contributed by atoms with E-state index in [9.17, 15) is 14.9 Å². The Hall–Kier alpha value is -3.96. The number of carbonyl (C=O) groups is 1. The Morgan fingerprint density at radius 1 is 1.24 bits per heavy atom. The lowest BCUT2D eigenvalue weighted by atomic mass is 10.1. The number of nitrogens with zero attached hydrogens (tertiary/aromatic N) is 3. The quantitative estimate of drug-likeness (QED) is 0.306. The molecule has 0 saturated heterocycles. The molecule has 8 heteroatoms. The third kappa shape index (κ3) is 6.28. The molecule has 1 amide bonds. The second kappa shape index (κ2) is 11.1. The molecule has 0 atom stereocenters. The number of amides is 1. The van der Waals surface area contributed by atoms with Crippen LogP contribution < -0.4 is 15.6 Å². The lowest BCUT2D eigenvalue weighted by molar-refractivity contribution is -0.117. The van der Waals surface area contributed by atoms with Gasteiger partial charge in [-0.1, -0.05) is 23.8 Å². The molecule has 0 unspecified atom stereocenters. The minimum Gasteiger partial charge on any atom is -0.438 e. The number of hydrogen-bond donors (Lipinski definition) is 1. The number of nitrogens with one attached hydrogen (secondary N) is 1. The van der Waals surface area contributed by atoms with Crippen molar-refractivity contribution in [2.24, 2.45) is 0 Å². The van der Waals surface area contributed by atoms with Gasteiger partial charge < -0.3 is 14.8 Å². The number of hydrogen-bond acceptors (Lipinski definition) is 6. The van der Waals surface area contributed by atoms with Gasteiger partial charge in [0.25, 0.3) is 11.5 Å². The number of rotatable bonds is 9. The maximum Gasteiger partial charge on any atom is 0.269 e. The number of aryl methyl sites for hydroxylation is 1. The van der Waals surface area contributed by atoms with Gasteiger partial charge in [0.1, 0.15) is 28.6 Å². The molecule has 170 valence electrons. The molecular weight excluding hydrogens is 420 g/mol. The fourth-order valence-corrected chi connectivity index (χ4v) is 2.98. The van der Waals surface area contributed by atoms with Crippen LogP contribution >= 0.6 is 0 Å². The molecule has 0 spiro atoms. The van der Waals surface area contributed by atoms with E-state index in [1.807, 2.05) is 39.0 Å². The zero-order valence-electron chi connectivity index (χ0n) is 18.9. The smallest absolute Gasteiger partial charge is 0.269 e. The molecule has 0 aliphatic carbocycles. The van der Waals surface area contributed by atoms with Crippen molar-refractivity contribution in [1.82, 2.24) is 14.7 Å². The van der Waals surface area contributed by atoms with Gasteiger partial charge in [-0.3, -0.25) is 14.0 Å². The van der Waals surface area contributed by atoms with Crippen molar-refractivity contribution in [3.05, 3.63) is 75.7 Å². The molecule has 8 nitrogen and oxygen atoms in total. The Bertz CT molecular complexity index is 1250. The van der Waals surface area contributed by atoms with Crippen LogP contribution in [-0.2, 0) is 9.53 Å². The highest BCUT2D eigenvalue weighted by atomic mass is 16.5. The van der Waals surface area contributed by atoms with E-state index < -0.39 is 11.5 Å². The fraction of sp³-hybridized carbons (Fsp3) is 0.280. The number of carbonyl (C=O) groups excluding carboxylic acids is 1. The Morgan fingerprint density at radius 2 is 2.00 bits per heavy atom. The van der Waals surface area contributed by atoms with Gasteiger partial charge in [-0.25, -0.2) is 0 Å². The number of nitriles is 1. The van der Waals surface area contributed by atoms with Crippen molar-refractivity contribution >= 4 is 17.6 Å². The van der Waals surface area contributed by atoms with Gasteiger partial charge in [-0.05, 0) is 57.5 Å². The Kier molecular flexibility index (Phi) is 7.95.